The molecular weight excluding hydrogens is 266 g/mol. The van der Waals surface area contributed by atoms with E-state index in [1.807, 2.05) is 20.8 Å². The van der Waals surface area contributed by atoms with Crippen LogP contribution in [0.2, 0.25) is 0 Å². The summed E-state index contributed by atoms with van der Waals surface area (Å²) in [6.07, 6.45) is 2.65. The Balaban J connectivity index is 2.63. The van der Waals surface area contributed by atoms with E-state index in [0.29, 0.717) is 13.0 Å². The second-order valence-corrected chi connectivity index (χ2v) is 8.53. The highest BCUT2D eigenvalue weighted by Gasteiger charge is 2.45. The molecule has 1 rings (SSSR count). The molecule has 0 radical (unpaired) electrons. The van der Waals surface area contributed by atoms with Crippen molar-refractivity contribution in [3.05, 3.63) is 0 Å². The van der Waals surface area contributed by atoms with Crippen LogP contribution in [0.4, 0.5) is 0 Å². The van der Waals surface area contributed by atoms with Crippen molar-refractivity contribution < 1.29 is 18.3 Å². The van der Waals surface area contributed by atoms with Crippen molar-refractivity contribution in [3.63, 3.8) is 0 Å². The van der Waals surface area contributed by atoms with Gasteiger partial charge in [0.25, 0.3) is 0 Å². The minimum absolute atomic E-state index is 0.124. The Morgan fingerprint density at radius 3 is 2.42 bits per heavy atom. The van der Waals surface area contributed by atoms with E-state index in [-0.39, 0.29) is 29.0 Å². The molecule has 0 spiro atoms. The van der Waals surface area contributed by atoms with Crippen molar-refractivity contribution in [1.82, 2.24) is 5.32 Å². The van der Waals surface area contributed by atoms with Gasteiger partial charge in [0.15, 0.2) is 0 Å². The lowest BCUT2D eigenvalue weighted by atomic mass is 9.61. The minimum atomic E-state index is -2.95. The van der Waals surface area contributed by atoms with Crippen molar-refractivity contribution in [2.75, 3.05) is 18.6 Å². The molecule has 0 aromatic heterocycles. The number of rotatable bonds is 5. The van der Waals surface area contributed by atoms with Gasteiger partial charge >= 0.3 is 5.97 Å². The topological polar surface area (TPSA) is 83.5 Å². The predicted molar refractivity (Wildman–Crippen MR) is 74.8 cm³/mol. The van der Waals surface area contributed by atoms with E-state index in [9.17, 15) is 18.3 Å². The third-order valence-corrected chi connectivity index (χ3v) is 5.56. The molecule has 0 aliphatic heterocycles. The Hall–Kier alpha value is -0.620. The van der Waals surface area contributed by atoms with Gasteiger partial charge < -0.3 is 10.4 Å². The van der Waals surface area contributed by atoms with Crippen LogP contribution in [0.3, 0.4) is 0 Å². The van der Waals surface area contributed by atoms with Crippen LogP contribution >= 0.6 is 0 Å². The lowest BCUT2D eigenvalue weighted by molar-refractivity contribution is -0.150. The van der Waals surface area contributed by atoms with Crippen LogP contribution in [0, 0.1) is 17.3 Å². The van der Waals surface area contributed by atoms with Gasteiger partial charge in [0, 0.05) is 18.8 Å². The number of hydrogen-bond acceptors (Lipinski definition) is 4. The molecule has 5 nitrogen and oxygen atoms in total. The summed E-state index contributed by atoms with van der Waals surface area (Å²) in [5.41, 5.74) is -0.285. The fourth-order valence-corrected chi connectivity index (χ4v) is 3.44. The molecule has 1 aliphatic rings. The summed E-state index contributed by atoms with van der Waals surface area (Å²) in [5.74, 6) is -0.734. The number of carboxylic acids is 1. The lowest BCUT2D eigenvalue weighted by Gasteiger charge is -2.46. The summed E-state index contributed by atoms with van der Waals surface area (Å²) in [7, 11) is -2.95. The Morgan fingerprint density at radius 2 is 1.95 bits per heavy atom. The average molecular weight is 291 g/mol. The molecule has 6 heteroatoms. The maximum absolute atomic E-state index is 11.3. The first-order chi connectivity index (χ1) is 8.55. The highest BCUT2D eigenvalue weighted by molar-refractivity contribution is 7.90. The van der Waals surface area contributed by atoms with Crippen LogP contribution in [0.5, 0.6) is 0 Å². The smallest absolute Gasteiger partial charge is 0.307 e. The molecule has 2 N–H and O–H groups in total. The second kappa shape index (κ2) is 5.79. The third kappa shape index (κ3) is 4.18. The van der Waals surface area contributed by atoms with Crippen LogP contribution in [0.1, 0.15) is 33.6 Å². The SMILES string of the molecule is CC1C(NCCS(C)(=O)=O)CCC(C(=O)O)C1(C)C. The maximum Gasteiger partial charge on any atom is 0.307 e. The molecule has 19 heavy (non-hydrogen) atoms. The fourth-order valence-electron chi connectivity index (χ4n) is 2.95. The average Bonchev–Trinajstić information content (AvgIpc) is 2.22. The van der Waals surface area contributed by atoms with Gasteiger partial charge in [-0.25, -0.2) is 8.42 Å². The monoisotopic (exact) mass is 291 g/mol. The molecular formula is C13H25NO4S. The van der Waals surface area contributed by atoms with Crippen LogP contribution in [0.25, 0.3) is 0 Å². The van der Waals surface area contributed by atoms with E-state index in [4.69, 9.17) is 0 Å². The Labute approximate surface area is 115 Å². The molecule has 3 atom stereocenters. The molecule has 0 saturated heterocycles. The van der Waals surface area contributed by atoms with E-state index < -0.39 is 15.8 Å². The van der Waals surface area contributed by atoms with Crippen molar-refractivity contribution in [1.29, 1.82) is 0 Å². The zero-order chi connectivity index (χ0) is 14.8. The van der Waals surface area contributed by atoms with Crippen molar-refractivity contribution in [2.45, 2.75) is 39.7 Å². The van der Waals surface area contributed by atoms with Gasteiger partial charge in [-0.3, -0.25) is 4.79 Å². The molecule has 112 valence electrons. The second-order valence-electron chi connectivity index (χ2n) is 6.27. The largest absolute Gasteiger partial charge is 0.481 e. The summed E-state index contributed by atoms with van der Waals surface area (Å²) in [4.78, 5) is 11.3. The molecule has 0 amide bonds. The molecule has 0 bridgehead atoms. The quantitative estimate of drug-likeness (QED) is 0.794. The Kier molecular flexibility index (Phi) is 5.01. The highest BCUT2D eigenvalue weighted by Crippen LogP contribution is 2.44. The number of aliphatic carboxylic acids is 1. The van der Waals surface area contributed by atoms with Crippen molar-refractivity contribution in [2.24, 2.45) is 17.3 Å². The summed E-state index contributed by atoms with van der Waals surface area (Å²) in [5, 5.41) is 12.5. The van der Waals surface area contributed by atoms with Crippen LogP contribution in [-0.4, -0.2) is 44.1 Å². The molecule has 0 aromatic carbocycles. The Morgan fingerprint density at radius 1 is 1.37 bits per heavy atom. The number of sulfone groups is 1. The van der Waals surface area contributed by atoms with Gasteiger partial charge in [0.05, 0.1) is 11.7 Å². The van der Waals surface area contributed by atoms with E-state index in [0.717, 1.165) is 6.42 Å². The van der Waals surface area contributed by atoms with Gasteiger partial charge in [-0.15, -0.1) is 0 Å². The number of carboxylic acid groups (broad SMARTS) is 1. The number of nitrogens with one attached hydrogen (secondary N) is 1. The highest BCUT2D eigenvalue weighted by atomic mass is 32.2. The molecule has 1 fully saturated rings. The van der Waals surface area contributed by atoms with Gasteiger partial charge in [0.1, 0.15) is 9.84 Å². The maximum atomic E-state index is 11.3. The lowest BCUT2D eigenvalue weighted by Crippen LogP contribution is -2.51. The van der Waals surface area contributed by atoms with Gasteiger partial charge in [0.2, 0.25) is 0 Å². The molecule has 1 saturated carbocycles. The molecule has 1 aliphatic carbocycles. The minimum Gasteiger partial charge on any atom is -0.481 e. The first kappa shape index (κ1) is 16.4. The summed E-state index contributed by atoms with van der Waals surface area (Å²) < 4.78 is 22.2. The third-order valence-electron chi connectivity index (χ3n) is 4.62. The molecule has 0 heterocycles. The molecule has 0 aromatic rings. The van der Waals surface area contributed by atoms with Crippen molar-refractivity contribution >= 4 is 15.8 Å². The first-order valence-corrected chi connectivity index (χ1v) is 8.75. The number of hydrogen-bond donors (Lipinski definition) is 2. The van der Waals surface area contributed by atoms with Gasteiger partial charge in [-0.05, 0) is 24.2 Å². The first-order valence-electron chi connectivity index (χ1n) is 6.69. The summed E-state index contributed by atoms with van der Waals surface area (Å²) in [6, 6.07) is 0.187. The van der Waals surface area contributed by atoms with Crippen LogP contribution < -0.4 is 5.32 Å². The zero-order valence-electron chi connectivity index (χ0n) is 12.1. The van der Waals surface area contributed by atoms with E-state index in [2.05, 4.69) is 5.32 Å². The summed E-state index contributed by atoms with van der Waals surface area (Å²) >= 11 is 0. The Bertz CT molecular complexity index is 430. The predicted octanol–water partition coefficient (Wildman–Crippen LogP) is 1.15. The zero-order valence-corrected chi connectivity index (χ0v) is 13.0. The van der Waals surface area contributed by atoms with E-state index in [1.165, 1.54) is 6.26 Å². The summed E-state index contributed by atoms with van der Waals surface area (Å²) in [6.45, 7) is 6.45. The fraction of sp³-hybridized carbons (Fsp3) is 0.923. The van der Waals surface area contributed by atoms with Gasteiger partial charge in [-0.1, -0.05) is 20.8 Å². The number of carbonyl (C=O) groups is 1. The van der Waals surface area contributed by atoms with Gasteiger partial charge in [-0.2, -0.15) is 0 Å². The van der Waals surface area contributed by atoms with E-state index in [1.54, 1.807) is 0 Å². The standard InChI is InChI=1S/C13H25NO4S/c1-9-11(14-7-8-19(4,17)18)6-5-10(12(15)16)13(9,2)3/h9-11,14H,5-8H2,1-4H3,(H,15,16). The van der Waals surface area contributed by atoms with E-state index >= 15 is 0 Å². The molecule has 3 unspecified atom stereocenters. The van der Waals surface area contributed by atoms with Crippen molar-refractivity contribution in [3.8, 4) is 0 Å². The normalized spacial score (nSPS) is 31.1. The van der Waals surface area contributed by atoms with Crippen LogP contribution in [-0.2, 0) is 14.6 Å². The van der Waals surface area contributed by atoms with Crippen LogP contribution in [0.15, 0.2) is 0 Å².